The second-order valence-corrected chi connectivity index (χ2v) is 2.43. The molecule has 7 heteroatoms. The molecule has 0 aromatic rings. The van der Waals surface area contributed by atoms with Crippen molar-refractivity contribution in [3.8, 4) is 0 Å². The molecule has 82 valence electrons. The maximum Gasteiger partial charge on any atom is 0.344 e. The van der Waals surface area contributed by atoms with Crippen molar-refractivity contribution in [1.82, 2.24) is 0 Å². The number of ether oxygens (including phenoxy) is 2. The topological polar surface area (TPSA) is 113 Å². The maximum atomic E-state index is 10.3. The van der Waals surface area contributed by atoms with E-state index in [-0.39, 0.29) is 13.2 Å². The molecule has 0 aromatic carbocycles. The minimum atomic E-state index is -1.93. The molecular formula is C7H12O7. The first-order valence-corrected chi connectivity index (χ1v) is 3.73. The monoisotopic (exact) mass is 208 g/mol. The molecule has 0 saturated heterocycles. The Labute approximate surface area is 79.9 Å². The van der Waals surface area contributed by atoms with Crippen LogP contribution < -0.4 is 0 Å². The summed E-state index contributed by atoms with van der Waals surface area (Å²) in [5.41, 5.74) is 0. The molecule has 0 aliphatic carbocycles. The van der Waals surface area contributed by atoms with Gasteiger partial charge in [0.05, 0.1) is 13.2 Å². The number of aliphatic hydroxyl groups is 1. The van der Waals surface area contributed by atoms with Crippen LogP contribution in [0.25, 0.3) is 0 Å². The van der Waals surface area contributed by atoms with Crippen LogP contribution in [-0.2, 0) is 19.1 Å². The molecule has 0 rings (SSSR count). The highest BCUT2D eigenvalue weighted by molar-refractivity contribution is 5.95. The van der Waals surface area contributed by atoms with E-state index in [2.05, 4.69) is 9.47 Å². The molecule has 3 N–H and O–H groups in total. The second-order valence-electron chi connectivity index (χ2n) is 2.43. The fourth-order valence-corrected chi connectivity index (χ4v) is 0.647. The van der Waals surface area contributed by atoms with Crippen LogP contribution in [0.4, 0.5) is 0 Å². The van der Waals surface area contributed by atoms with Gasteiger partial charge in [0.15, 0.2) is 0 Å². The van der Waals surface area contributed by atoms with E-state index in [1.165, 1.54) is 7.11 Å². The van der Waals surface area contributed by atoms with E-state index >= 15 is 0 Å². The smallest absolute Gasteiger partial charge is 0.344 e. The van der Waals surface area contributed by atoms with E-state index in [1.807, 2.05) is 0 Å². The van der Waals surface area contributed by atoms with Crippen LogP contribution in [0, 0.1) is 0 Å². The Morgan fingerprint density at radius 2 is 1.79 bits per heavy atom. The van der Waals surface area contributed by atoms with Crippen molar-refractivity contribution < 1.29 is 34.4 Å². The number of methoxy groups -OCH3 is 1. The van der Waals surface area contributed by atoms with Crippen molar-refractivity contribution in [2.45, 2.75) is 12.2 Å². The Bertz CT molecular complexity index is 184. The molecule has 7 nitrogen and oxygen atoms in total. The molecule has 0 spiro atoms. The molecule has 0 radical (unpaired) electrons. The zero-order valence-electron chi connectivity index (χ0n) is 7.54. The van der Waals surface area contributed by atoms with Crippen LogP contribution in [0.2, 0.25) is 0 Å². The van der Waals surface area contributed by atoms with Gasteiger partial charge in [0.1, 0.15) is 6.10 Å². The molecule has 14 heavy (non-hydrogen) atoms. The van der Waals surface area contributed by atoms with E-state index in [1.54, 1.807) is 0 Å². The van der Waals surface area contributed by atoms with E-state index in [4.69, 9.17) is 15.3 Å². The summed E-state index contributed by atoms with van der Waals surface area (Å²) in [4.78, 5) is 20.6. The number of carboxylic acid groups (broad SMARTS) is 2. The second kappa shape index (κ2) is 6.30. The highest BCUT2D eigenvalue weighted by Crippen LogP contribution is 1.97. The number of aliphatic carboxylic acids is 2. The molecule has 0 aromatic heterocycles. The zero-order chi connectivity index (χ0) is 11.1. The third-order valence-corrected chi connectivity index (χ3v) is 1.43. The molecule has 0 aliphatic rings. The zero-order valence-corrected chi connectivity index (χ0v) is 7.54. The Morgan fingerprint density at radius 1 is 1.29 bits per heavy atom. The van der Waals surface area contributed by atoms with Gasteiger partial charge in [0.2, 0.25) is 0 Å². The Balaban J connectivity index is 4.06. The number of hydrogen-bond donors (Lipinski definition) is 3. The fraction of sp³-hybridized carbons (Fsp3) is 0.714. The normalized spacial score (nSPS) is 12.8. The van der Waals surface area contributed by atoms with Gasteiger partial charge in [-0.15, -0.1) is 0 Å². The first-order valence-electron chi connectivity index (χ1n) is 3.73. The number of rotatable bonds is 7. The van der Waals surface area contributed by atoms with Crippen LogP contribution in [-0.4, -0.2) is 59.8 Å². The van der Waals surface area contributed by atoms with Gasteiger partial charge in [-0.1, -0.05) is 0 Å². The first kappa shape index (κ1) is 12.8. The highest BCUT2D eigenvalue weighted by Gasteiger charge is 2.27. The Morgan fingerprint density at radius 3 is 2.07 bits per heavy atom. The Hall–Kier alpha value is -1.18. The molecule has 0 amide bonds. The summed E-state index contributed by atoms with van der Waals surface area (Å²) in [7, 11) is 1.29. The third kappa shape index (κ3) is 4.17. The molecule has 0 saturated carbocycles. The lowest BCUT2D eigenvalue weighted by Gasteiger charge is -2.14. The summed E-state index contributed by atoms with van der Waals surface area (Å²) in [6.07, 6.45) is -2.66. The summed E-state index contributed by atoms with van der Waals surface area (Å²) in [6, 6.07) is 0. The standard InChI is InChI=1S/C7H12O7/c1-13-4(2-8)3-14-5(6(9)10)7(11)12/h4-5,8H,2-3H2,1H3,(H,9,10)(H,11,12)/t4-/m0/s1. The Kier molecular flexibility index (Phi) is 5.77. The van der Waals surface area contributed by atoms with Crippen LogP contribution in [0.5, 0.6) is 0 Å². The molecular weight excluding hydrogens is 196 g/mol. The maximum absolute atomic E-state index is 10.3. The van der Waals surface area contributed by atoms with Crippen molar-refractivity contribution >= 4 is 11.9 Å². The SMILES string of the molecule is CO[C@@H](CO)COC(C(=O)O)C(=O)O. The van der Waals surface area contributed by atoms with Gasteiger partial charge in [-0.05, 0) is 0 Å². The lowest BCUT2D eigenvalue weighted by Crippen LogP contribution is -2.36. The predicted octanol–water partition coefficient (Wildman–Crippen LogP) is -1.45. The van der Waals surface area contributed by atoms with E-state index in [0.717, 1.165) is 0 Å². The van der Waals surface area contributed by atoms with Gasteiger partial charge in [-0.25, -0.2) is 9.59 Å². The molecule has 0 heterocycles. The summed E-state index contributed by atoms with van der Waals surface area (Å²) in [6.45, 7) is -0.668. The average molecular weight is 208 g/mol. The molecule has 0 aliphatic heterocycles. The highest BCUT2D eigenvalue weighted by atomic mass is 16.6. The number of carboxylic acids is 2. The van der Waals surface area contributed by atoms with Crippen molar-refractivity contribution in [3.05, 3.63) is 0 Å². The van der Waals surface area contributed by atoms with Crippen molar-refractivity contribution in [2.24, 2.45) is 0 Å². The van der Waals surface area contributed by atoms with Crippen LogP contribution in [0.15, 0.2) is 0 Å². The van der Waals surface area contributed by atoms with E-state index in [0.29, 0.717) is 0 Å². The van der Waals surface area contributed by atoms with Gasteiger partial charge in [0, 0.05) is 7.11 Å². The molecule has 0 bridgehead atoms. The largest absolute Gasteiger partial charge is 0.479 e. The lowest BCUT2D eigenvalue weighted by atomic mass is 10.3. The third-order valence-electron chi connectivity index (χ3n) is 1.43. The molecule has 0 unspecified atom stereocenters. The average Bonchev–Trinajstić information content (AvgIpc) is 2.11. The lowest BCUT2D eigenvalue weighted by molar-refractivity contribution is -0.168. The fourth-order valence-electron chi connectivity index (χ4n) is 0.647. The van der Waals surface area contributed by atoms with Gasteiger partial charge in [0.25, 0.3) is 6.10 Å². The van der Waals surface area contributed by atoms with Crippen LogP contribution in [0.1, 0.15) is 0 Å². The quantitative estimate of drug-likeness (QED) is 0.438. The van der Waals surface area contributed by atoms with Gasteiger partial charge >= 0.3 is 11.9 Å². The number of aliphatic hydroxyl groups excluding tert-OH is 1. The van der Waals surface area contributed by atoms with Crippen molar-refractivity contribution in [3.63, 3.8) is 0 Å². The van der Waals surface area contributed by atoms with Crippen LogP contribution >= 0.6 is 0 Å². The van der Waals surface area contributed by atoms with Crippen LogP contribution in [0.3, 0.4) is 0 Å². The summed E-state index contributed by atoms with van der Waals surface area (Å²) < 4.78 is 9.17. The minimum absolute atomic E-state index is 0.295. The molecule has 0 fully saturated rings. The predicted molar refractivity (Wildman–Crippen MR) is 42.9 cm³/mol. The summed E-state index contributed by atoms with van der Waals surface area (Å²) in [5.74, 6) is -3.18. The minimum Gasteiger partial charge on any atom is -0.479 e. The van der Waals surface area contributed by atoms with Gasteiger partial charge in [-0.2, -0.15) is 0 Å². The molecule has 1 atom stereocenters. The van der Waals surface area contributed by atoms with E-state index < -0.39 is 24.1 Å². The van der Waals surface area contributed by atoms with Crippen molar-refractivity contribution in [2.75, 3.05) is 20.3 Å². The number of carbonyl (C=O) groups is 2. The summed E-state index contributed by atoms with van der Waals surface area (Å²) >= 11 is 0. The van der Waals surface area contributed by atoms with Crippen molar-refractivity contribution in [1.29, 1.82) is 0 Å². The van der Waals surface area contributed by atoms with Gasteiger partial charge < -0.3 is 24.8 Å². The van der Waals surface area contributed by atoms with E-state index in [9.17, 15) is 9.59 Å². The van der Waals surface area contributed by atoms with Gasteiger partial charge in [-0.3, -0.25) is 0 Å². The summed E-state index contributed by atoms with van der Waals surface area (Å²) in [5, 5.41) is 25.4. The first-order chi connectivity index (χ1) is 6.52. The number of hydrogen-bond acceptors (Lipinski definition) is 5.